The van der Waals surface area contributed by atoms with Crippen molar-refractivity contribution in [1.29, 1.82) is 0 Å². The van der Waals surface area contributed by atoms with Gasteiger partial charge in [0.25, 0.3) is 0 Å². The number of nitrogens with one attached hydrogen (secondary N) is 2. The largest absolute Gasteiger partial charge is 0.494 e. The fraction of sp³-hybridized carbons (Fsp3) is 0.435. The molecular formula is C23H32N2O3. The van der Waals surface area contributed by atoms with E-state index >= 15 is 0 Å². The van der Waals surface area contributed by atoms with Crippen molar-refractivity contribution in [2.75, 3.05) is 30.4 Å². The first-order valence-electron chi connectivity index (χ1n) is 10.2. The molecule has 0 fully saturated rings. The maximum atomic E-state index is 12.1. The number of rotatable bonds is 13. The van der Waals surface area contributed by atoms with Gasteiger partial charge < -0.3 is 20.1 Å². The summed E-state index contributed by atoms with van der Waals surface area (Å²) in [4.78, 5) is 12.1. The molecule has 0 spiro atoms. The lowest BCUT2D eigenvalue weighted by molar-refractivity contribution is -0.114. The normalized spacial score (nSPS) is 10.4. The first-order chi connectivity index (χ1) is 13.7. The van der Waals surface area contributed by atoms with Crippen LogP contribution in [0.3, 0.4) is 0 Å². The fourth-order valence-electron chi connectivity index (χ4n) is 2.78. The average Bonchev–Trinajstić information content (AvgIpc) is 2.70. The highest BCUT2D eigenvalue weighted by Crippen LogP contribution is 2.18. The van der Waals surface area contributed by atoms with Crippen LogP contribution in [0.5, 0.6) is 11.5 Å². The van der Waals surface area contributed by atoms with E-state index in [0.717, 1.165) is 35.9 Å². The SMILES string of the molecule is CCCCCCCOc1ccc(NCC(=O)Nc2cccc(OCC)c2)cc1. The summed E-state index contributed by atoms with van der Waals surface area (Å²) in [7, 11) is 0. The molecule has 0 aliphatic heterocycles. The number of carbonyl (C=O) groups is 1. The zero-order valence-corrected chi connectivity index (χ0v) is 17.0. The van der Waals surface area contributed by atoms with Gasteiger partial charge in [-0.1, -0.05) is 38.7 Å². The topological polar surface area (TPSA) is 59.6 Å². The van der Waals surface area contributed by atoms with Crippen LogP contribution in [-0.2, 0) is 4.79 Å². The summed E-state index contributed by atoms with van der Waals surface area (Å²) in [5.74, 6) is 1.49. The van der Waals surface area contributed by atoms with Crippen molar-refractivity contribution < 1.29 is 14.3 Å². The first-order valence-corrected chi connectivity index (χ1v) is 10.2. The minimum Gasteiger partial charge on any atom is -0.494 e. The van der Waals surface area contributed by atoms with E-state index in [0.29, 0.717) is 6.61 Å². The summed E-state index contributed by atoms with van der Waals surface area (Å²) in [6.45, 7) is 5.68. The van der Waals surface area contributed by atoms with Crippen molar-refractivity contribution in [3.05, 3.63) is 48.5 Å². The van der Waals surface area contributed by atoms with Gasteiger partial charge in [0.2, 0.25) is 5.91 Å². The Morgan fingerprint density at radius 1 is 0.857 bits per heavy atom. The molecule has 5 nitrogen and oxygen atoms in total. The van der Waals surface area contributed by atoms with Crippen LogP contribution in [0.15, 0.2) is 48.5 Å². The predicted octanol–water partition coefficient (Wildman–Crippen LogP) is 5.49. The summed E-state index contributed by atoms with van der Waals surface area (Å²) >= 11 is 0. The van der Waals surface area contributed by atoms with Gasteiger partial charge in [-0.05, 0) is 49.7 Å². The second-order valence-corrected chi connectivity index (χ2v) is 6.65. The third kappa shape index (κ3) is 8.33. The van der Waals surface area contributed by atoms with E-state index in [-0.39, 0.29) is 12.5 Å². The van der Waals surface area contributed by atoms with Gasteiger partial charge in [0.15, 0.2) is 0 Å². The fourth-order valence-corrected chi connectivity index (χ4v) is 2.78. The first kappa shape index (κ1) is 21.6. The van der Waals surface area contributed by atoms with Gasteiger partial charge >= 0.3 is 0 Å². The molecule has 28 heavy (non-hydrogen) atoms. The molecule has 0 heterocycles. The van der Waals surface area contributed by atoms with E-state index in [4.69, 9.17) is 9.47 Å². The molecule has 0 aliphatic rings. The third-order valence-corrected chi connectivity index (χ3v) is 4.25. The Bertz CT molecular complexity index is 701. The lowest BCUT2D eigenvalue weighted by Gasteiger charge is -2.10. The lowest BCUT2D eigenvalue weighted by atomic mass is 10.2. The van der Waals surface area contributed by atoms with E-state index in [9.17, 15) is 4.79 Å². The Kier molecular flexibility index (Phi) is 9.76. The lowest BCUT2D eigenvalue weighted by Crippen LogP contribution is -2.21. The van der Waals surface area contributed by atoms with Crippen LogP contribution >= 0.6 is 0 Å². The molecule has 5 heteroatoms. The van der Waals surface area contributed by atoms with Crippen LogP contribution in [0.25, 0.3) is 0 Å². The monoisotopic (exact) mass is 384 g/mol. The van der Waals surface area contributed by atoms with E-state index in [1.807, 2.05) is 55.5 Å². The van der Waals surface area contributed by atoms with Crippen LogP contribution in [0.1, 0.15) is 46.0 Å². The predicted molar refractivity (Wildman–Crippen MR) is 115 cm³/mol. The molecule has 0 saturated carbocycles. The summed E-state index contributed by atoms with van der Waals surface area (Å²) in [5.41, 5.74) is 1.61. The van der Waals surface area contributed by atoms with Gasteiger partial charge in [-0.3, -0.25) is 4.79 Å². The van der Waals surface area contributed by atoms with Crippen molar-refractivity contribution in [3.63, 3.8) is 0 Å². The molecule has 0 atom stereocenters. The van der Waals surface area contributed by atoms with Crippen molar-refractivity contribution in [1.82, 2.24) is 0 Å². The Morgan fingerprint density at radius 2 is 1.64 bits per heavy atom. The molecule has 0 radical (unpaired) electrons. The van der Waals surface area contributed by atoms with Crippen molar-refractivity contribution >= 4 is 17.3 Å². The molecule has 0 aromatic heterocycles. The quantitative estimate of drug-likeness (QED) is 0.449. The Balaban J connectivity index is 1.69. The molecule has 0 saturated heterocycles. The molecule has 2 N–H and O–H groups in total. The Labute approximate surface area is 168 Å². The molecule has 0 bridgehead atoms. The zero-order valence-electron chi connectivity index (χ0n) is 17.0. The maximum Gasteiger partial charge on any atom is 0.243 e. The standard InChI is InChI=1S/C23H32N2O3/c1-3-5-6-7-8-16-28-21-14-12-19(13-15-21)24-18-23(26)25-20-10-9-11-22(17-20)27-4-2/h9-15,17,24H,3-8,16,18H2,1-2H3,(H,25,26). The number of benzene rings is 2. The summed E-state index contributed by atoms with van der Waals surface area (Å²) in [6.07, 6.45) is 6.14. The second-order valence-electron chi connectivity index (χ2n) is 6.65. The molecular weight excluding hydrogens is 352 g/mol. The number of hydrogen-bond acceptors (Lipinski definition) is 4. The number of amides is 1. The van der Waals surface area contributed by atoms with Gasteiger partial charge in [0, 0.05) is 17.4 Å². The minimum atomic E-state index is -0.110. The van der Waals surface area contributed by atoms with E-state index in [1.165, 1.54) is 25.7 Å². The third-order valence-electron chi connectivity index (χ3n) is 4.25. The van der Waals surface area contributed by atoms with Crippen LogP contribution < -0.4 is 20.1 Å². The molecule has 2 aromatic carbocycles. The highest BCUT2D eigenvalue weighted by molar-refractivity contribution is 5.93. The average molecular weight is 385 g/mol. The number of ether oxygens (including phenoxy) is 2. The maximum absolute atomic E-state index is 12.1. The van der Waals surface area contributed by atoms with Crippen molar-refractivity contribution in [3.8, 4) is 11.5 Å². The van der Waals surface area contributed by atoms with Gasteiger partial charge in [0.1, 0.15) is 11.5 Å². The van der Waals surface area contributed by atoms with Gasteiger partial charge in [0.05, 0.1) is 19.8 Å². The summed E-state index contributed by atoms with van der Waals surface area (Å²) in [5, 5.41) is 5.99. The van der Waals surface area contributed by atoms with Crippen molar-refractivity contribution in [2.24, 2.45) is 0 Å². The molecule has 0 aliphatic carbocycles. The smallest absolute Gasteiger partial charge is 0.243 e. The van der Waals surface area contributed by atoms with Gasteiger partial charge in [-0.15, -0.1) is 0 Å². The van der Waals surface area contributed by atoms with Crippen LogP contribution in [0.2, 0.25) is 0 Å². The molecule has 0 unspecified atom stereocenters. The molecule has 152 valence electrons. The summed E-state index contributed by atoms with van der Waals surface area (Å²) < 4.78 is 11.2. The minimum absolute atomic E-state index is 0.110. The van der Waals surface area contributed by atoms with Crippen molar-refractivity contribution in [2.45, 2.75) is 46.0 Å². The Hall–Kier alpha value is -2.69. The highest BCUT2D eigenvalue weighted by atomic mass is 16.5. The summed E-state index contributed by atoms with van der Waals surface area (Å²) in [6, 6.07) is 15.1. The van der Waals surface area contributed by atoms with Gasteiger partial charge in [-0.2, -0.15) is 0 Å². The molecule has 2 rings (SSSR count). The van der Waals surface area contributed by atoms with E-state index < -0.39 is 0 Å². The highest BCUT2D eigenvalue weighted by Gasteiger charge is 2.04. The molecule has 2 aromatic rings. The Morgan fingerprint density at radius 3 is 2.39 bits per heavy atom. The van der Waals surface area contributed by atoms with Crippen LogP contribution in [-0.4, -0.2) is 25.7 Å². The molecule has 1 amide bonds. The van der Waals surface area contributed by atoms with E-state index in [2.05, 4.69) is 17.6 Å². The van der Waals surface area contributed by atoms with Gasteiger partial charge in [-0.25, -0.2) is 0 Å². The second kappa shape index (κ2) is 12.7. The number of hydrogen-bond donors (Lipinski definition) is 2. The van der Waals surface area contributed by atoms with Crippen LogP contribution in [0, 0.1) is 0 Å². The number of unbranched alkanes of at least 4 members (excludes halogenated alkanes) is 4. The van der Waals surface area contributed by atoms with Crippen LogP contribution in [0.4, 0.5) is 11.4 Å². The number of anilines is 2. The zero-order chi connectivity index (χ0) is 20.0. The van der Waals surface area contributed by atoms with E-state index in [1.54, 1.807) is 0 Å². The number of carbonyl (C=O) groups excluding carboxylic acids is 1.